The molecule has 2 heterocycles. The van der Waals surface area contributed by atoms with Gasteiger partial charge in [-0.15, -0.1) is 0 Å². The number of ether oxygens (including phenoxy) is 2. The van der Waals surface area contributed by atoms with Crippen LogP contribution in [0.2, 0.25) is 0 Å². The highest BCUT2D eigenvalue weighted by Crippen LogP contribution is 2.31. The van der Waals surface area contributed by atoms with Crippen molar-refractivity contribution < 1.29 is 19.2 Å². The van der Waals surface area contributed by atoms with Crippen molar-refractivity contribution in [1.29, 1.82) is 0 Å². The van der Waals surface area contributed by atoms with E-state index < -0.39 is 16.9 Å². The van der Waals surface area contributed by atoms with Crippen molar-refractivity contribution in [3.8, 4) is 5.75 Å². The molecule has 9 nitrogen and oxygen atoms in total. The third-order valence-electron chi connectivity index (χ3n) is 5.47. The number of nitrogens with zero attached hydrogens (tertiary/aromatic N) is 3. The molecule has 0 radical (unpaired) electrons. The van der Waals surface area contributed by atoms with E-state index in [4.69, 9.17) is 9.47 Å². The molecule has 0 bridgehead atoms. The molecule has 1 aliphatic rings. The molecule has 2 aromatic carbocycles. The van der Waals surface area contributed by atoms with Crippen LogP contribution < -0.4 is 19.6 Å². The van der Waals surface area contributed by atoms with Crippen molar-refractivity contribution >= 4 is 29.1 Å². The van der Waals surface area contributed by atoms with E-state index >= 15 is 0 Å². The third kappa shape index (κ3) is 4.78. The SMILES string of the molecule is CCCOc1ccc(C2C(C(=O)OC)=C(C)N=c3sc(=Cc4cccc([N+](=O)[O-])c4)c(=O)n32)cc1. The van der Waals surface area contributed by atoms with E-state index in [0.29, 0.717) is 38.5 Å². The Hall–Kier alpha value is -4.05. The number of esters is 1. The second-order valence-electron chi connectivity index (χ2n) is 7.84. The molecule has 0 saturated heterocycles. The van der Waals surface area contributed by atoms with Gasteiger partial charge < -0.3 is 9.47 Å². The van der Waals surface area contributed by atoms with E-state index in [2.05, 4.69) is 4.99 Å². The Morgan fingerprint density at radius 2 is 2.00 bits per heavy atom. The first kappa shape index (κ1) is 24.1. The lowest BCUT2D eigenvalue weighted by Gasteiger charge is -2.24. The van der Waals surface area contributed by atoms with E-state index in [1.165, 1.54) is 23.8 Å². The van der Waals surface area contributed by atoms with E-state index in [1.54, 1.807) is 37.3 Å². The number of allylic oxidation sites excluding steroid dienone is 1. The lowest BCUT2D eigenvalue weighted by atomic mass is 9.96. The molecule has 1 aliphatic heterocycles. The maximum atomic E-state index is 13.5. The summed E-state index contributed by atoms with van der Waals surface area (Å²) in [6.45, 7) is 4.30. The normalized spacial score (nSPS) is 15.4. The number of methoxy groups -OCH3 is 1. The fourth-order valence-electron chi connectivity index (χ4n) is 3.85. The van der Waals surface area contributed by atoms with E-state index in [9.17, 15) is 19.7 Å². The summed E-state index contributed by atoms with van der Waals surface area (Å²) in [7, 11) is 1.29. The summed E-state index contributed by atoms with van der Waals surface area (Å²) >= 11 is 1.16. The van der Waals surface area contributed by atoms with Gasteiger partial charge in [0.2, 0.25) is 0 Å². The van der Waals surface area contributed by atoms with Crippen molar-refractivity contribution in [2.24, 2.45) is 4.99 Å². The van der Waals surface area contributed by atoms with Gasteiger partial charge in [0.05, 0.1) is 40.5 Å². The maximum absolute atomic E-state index is 13.5. The van der Waals surface area contributed by atoms with Crippen LogP contribution in [0.3, 0.4) is 0 Å². The molecule has 0 amide bonds. The van der Waals surface area contributed by atoms with E-state index in [-0.39, 0.29) is 16.8 Å². The second kappa shape index (κ2) is 10.1. The molecule has 1 unspecified atom stereocenters. The number of benzene rings is 2. The fraction of sp³-hybridized carbons (Fsp3) is 0.240. The van der Waals surface area contributed by atoms with Crippen LogP contribution >= 0.6 is 11.3 Å². The first-order valence-electron chi connectivity index (χ1n) is 10.9. The summed E-state index contributed by atoms with van der Waals surface area (Å²) in [6, 6.07) is 12.5. The average Bonchev–Trinajstić information content (AvgIpc) is 3.16. The number of fused-ring (bicyclic) bond motifs is 1. The number of hydrogen-bond donors (Lipinski definition) is 0. The van der Waals surface area contributed by atoms with Crippen LogP contribution in [-0.2, 0) is 9.53 Å². The smallest absolute Gasteiger partial charge is 0.338 e. The number of rotatable bonds is 7. The fourth-order valence-corrected chi connectivity index (χ4v) is 4.90. The monoisotopic (exact) mass is 493 g/mol. The number of nitro groups is 1. The molecule has 0 aliphatic carbocycles. The predicted octanol–water partition coefficient (Wildman–Crippen LogP) is 3.11. The van der Waals surface area contributed by atoms with Crippen LogP contribution in [0.25, 0.3) is 6.08 Å². The van der Waals surface area contributed by atoms with Gasteiger partial charge in [-0.3, -0.25) is 19.5 Å². The first-order valence-corrected chi connectivity index (χ1v) is 11.7. The van der Waals surface area contributed by atoms with E-state index in [0.717, 1.165) is 17.8 Å². The molecule has 1 aromatic heterocycles. The zero-order valence-electron chi connectivity index (χ0n) is 19.4. The van der Waals surface area contributed by atoms with Gasteiger partial charge in [-0.05, 0) is 42.7 Å². The quantitative estimate of drug-likeness (QED) is 0.284. The molecule has 35 heavy (non-hydrogen) atoms. The minimum atomic E-state index is -0.744. The Labute approximate surface area is 204 Å². The van der Waals surface area contributed by atoms with Crippen LogP contribution in [0.1, 0.15) is 37.4 Å². The third-order valence-corrected chi connectivity index (χ3v) is 6.46. The molecule has 4 rings (SSSR count). The van der Waals surface area contributed by atoms with Gasteiger partial charge in [-0.2, -0.15) is 0 Å². The Balaban J connectivity index is 1.88. The molecule has 3 aromatic rings. The van der Waals surface area contributed by atoms with Crippen LogP contribution in [0.15, 0.2) is 69.6 Å². The lowest BCUT2D eigenvalue weighted by Crippen LogP contribution is -2.39. The predicted molar refractivity (Wildman–Crippen MR) is 131 cm³/mol. The standard InChI is InChI=1S/C25H23N3O6S/c1-4-12-34-19-10-8-17(9-11-19)22-21(24(30)33-3)15(2)26-25-27(22)23(29)20(35-25)14-16-6-5-7-18(13-16)28(31)32/h5-11,13-14,22H,4,12H2,1-3H3. The number of hydrogen-bond acceptors (Lipinski definition) is 8. The van der Waals surface area contributed by atoms with E-state index in [1.807, 2.05) is 19.1 Å². The number of carbonyl (C=O) groups is 1. The molecular weight excluding hydrogens is 470 g/mol. The molecular formula is C25H23N3O6S. The lowest BCUT2D eigenvalue weighted by molar-refractivity contribution is -0.384. The number of nitro benzene ring substituents is 1. The van der Waals surface area contributed by atoms with Crippen LogP contribution in [0, 0.1) is 10.1 Å². The number of non-ortho nitro benzene ring substituents is 1. The Bertz CT molecular complexity index is 1500. The van der Waals surface area contributed by atoms with Gasteiger partial charge in [0.25, 0.3) is 11.2 Å². The van der Waals surface area contributed by atoms with Gasteiger partial charge in [0.1, 0.15) is 5.75 Å². The summed E-state index contributed by atoms with van der Waals surface area (Å²) in [6.07, 6.45) is 2.46. The van der Waals surface area contributed by atoms with Crippen molar-refractivity contribution in [3.05, 3.63) is 101 Å². The summed E-state index contributed by atoms with van der Waals surface area (Å²) in [4.78, 5) is 41.9. The molecule has 0 saturated carbocycles. The zero-order chi connectivity index (χ0) is 25.1. The Morgan fingerprint density at radius 3 is 2.66 bits per heavy atom. The van der Waals surface area contributed by atoms with Crippen LogP contribution in [0.5, 0.6) is 5.75 Å². The first-order chi connectivity index (χ1) is 16.8. The van der Waals surface area contributed by atoms with Crippen molar-refractivity contribution in [3.63, 3.8) is 0 Å². The second-order valence-corrected chi connectivity index (χ2v) is 8.85. The molecule has 10 heteroatoms. The summed E-state index contributed by atoms with van der Waals surface area (Å²) in [5.74, 6) is 0.115. The number of thiazole rings is 1. The Kier molecular flexibility index (Phi) is 6.92. The highest BCUT2D eigenvalue weighted by Gasteiger charge is 2.33. The summed E-state index contributed by atoms with van der Waals surface area (Å²) in [5.41, 5.74) is 1.51. The Morgan fingerprint density at radius 1 is 1.26 bits per heavy atom. The van der Waals surface area contributed by atoms with Gasteiger partial charge in [0.15, 0.2) is 4.80 Å². The van der Waals surface area contributed by atoms with Crippen LogP contribution in [-0.4, -0.2) is 29.2 Å². The molecule has 0 spiro atoms. The molecule has 0 fully saturated rings. The topological polar surface area (TPSA) is 113 Å². The largest absolute Gasteiger partial charge is 0.494 e. The number of aromatic nitrogens is 1. The number of carbonyl (C=O) groups excluding carboxylic acids is 1. The van der Waals surface area contributed by atoms with Crippen molar-refractivity contribution in [2.45, 2.75) is 26.3 Å². The van der Waals surface area contributed by atoms with Crippen LogP contribution in [0.4, 0.5) is 5.69 Å². The average molecular weight is 494 g/mol. The maximum Gasteiger partial charge on any atom is 0.338 e. The molecule has 1 atom stereocenters. The van der Waals surface area contributed by atoms with Gasteiger partial charge >= 0.3 is 5.97 Å². The van der Waals surface area contributed by atoms with Gasteiger partial charge in [0, 0.05) is 12.1 Å². The minimum Gasteiger partial charge on any atom is -0.494 e. The zero-order valence-corrected chi connectivity index (χ0v) is 20.2. The van der Waals surface area contributed by atoms with Gasteiger partial charge in [-0.1, -0.05) is 42.5 Å². The summed E-state index contributed by atoms with van der Waals surface area (Å²) < 4.78 is 12.5. The molecule has 180 valence electrons. The molecule has 0 N–H and O–H groups in total. The van der Waals surface area contributed by atoms with Gasteiger partial charge in [-0.25, -0.2) is 9.79 Å². The highest BCUT2D eigenvalue weighted by atomic mass is 32.1. The van der Waals surface area contributed by atoms with Crippen molar-refractivity contribution in [2.75, 3.05) is 13.7 Å². The highest BCUT2D eigenvalue weighted by molar-refractivity contribution is 7.07. The summed E-state index contributed by atoms with van der Waals surface area (Å²) in [5, 5.41) is 11.1. The minimum absolute atomic E-state index is 0.0707. The van der Waals surface area contributed by atoms with Crippen molar-refractivity contribution in [1.82, 2.24) is 4.57 Å².